The molecule has 2 aromatic carbocycles. The van der Waals surface area contributed by atoms with Crippen LogP contribution < -0.4 is 0 Å². The lowest BCUT2D eigenvalue weighted by atomic mass is 10.0. The van der Waals surface area contributed by atoms with Crippen molar-refractivity contribution in [3.63, 3.8) is 0 Å². The monoisotopic (exact) mass is 293 g/mol. The Kier molecular flexibility index (Phi) is 4.47. The Balaban J connectivity index is 2.55. The molecule has 0 unspecified atom stereocenters. The van der Waals surface area contributed by atoms with Crippen LogP contribution in [0.2, 0.25) is 5.02 Å². The van der Waals surface area contributed by atoms with Gasteiger partial charge >= 0.3 is 0 Å². The second-order valence-corrected chi connectivity index (χ2v) is 4.82. The molecule has 0 aliphatic rings. The van der Waals surface area contributed by atoms with Crippen molar-refractivity contribution < 1.29 is 15.0 Å². The summed E-state index contributed by atoms with van der Waals surface area (Å²) in [5.74, 6) is -0.418. The average molecular weight is 294 g/mol. The first-order chi connectivity index (χ1) is 9.60. The molecule has 2 aromatic rings. The molecule has 4 nitrogen and oxygen atoms in total. The van der Waals surface area contributed by atoms with Crippen molar-refractivity contribution >= 4 is 28.3 Å². The van der Waals surface area contributed by atoms with E-state index < -0.39 is 0 Å². The van der Waals surface area contributed by atoms with Crippen molar-refractivity contribution in [3.8, 4) is 5.75 Å². The number of likely N-dealkylation sites (N-methyl/N-ethyl adjacent to an activating group) is 1. The smallest absolute Gasteiger partial charge is 0.257 e. The second-order valence-electron chi connectivity index (χ2n) is 4.41. The topological polar surface area (TPSA) is 60.8 Å². The fourth-order valence-electron chi connectivity index (χ4n) is 2.17. The normalized spacial score (nSPS) is 10.8. The van der Waals surface area contributed by atoms with Crippen molar-refractivity contribution in [1.82, 2.24) is 4.90 Å². The number of rotatable bonds is 4. The lowest BCUT2D eigenvalue weighted by molar-refractivity contribution is 0.0729. The van der Waals surface area contributed by atoms with Crippen molar-refractivity contribution in [2.24, 2.45) is 0 Å². The molecule has 0 atom stereocenters. The number of aliphatic hydroxyl groups is 1. The quantitative estimate of drug-likeness (QED) is 0.911. The molecule has 0 saturated heterocycles. The van der Waals surface area contributed by atoms with Gasteiger partial charge in [0.15, 0.2) is 0 Å². The lowest BCUT2D eigenvalue weighted by Gasteiger charge is -2.21. The highest BCUT2D eigenvalue weighted by molar-refractivity contribution is 6.36. The summed E-state index contributed by atoms with van der Waals surface area (Å²) in [6, 6.07) is 8.57. The molecule has 5 heteroatoms. The van der Waals surface area contributed by atoms with Crippen LogP contribution >= 0.6 is 11.6 Å². The van der Waals surface area contributed by atoms with Gasteiger partial charge in [0.05, 0.1) is 12.2 Å². The van der Waals surface area contributed by atoms with E-state index in [4.69, 9.17) is 16.7 Å². The van der Waals surface area contributed by atoms with Crippen molar-refractivity contribution in [3.05, 3.63) is 40.9 Å². The van der Waals surface area contributed by atoms with Gasteiger partial charge in [0.1, 0.15) is 5.75 Å². The molecular weight excluding hydrogens is 278 g/mol. The maximum Gasteiger partial charge on any atom is 0.257 e. The van der Waals surface area contributed by atoms with E-state index in [1.54, 1.807) is 18.2 Å². The fraction of sp³-hybridized carbons (Fsp3) is 0.267. The number of hydrogen-bond acceptors (Lipinski definition) is 3. The Morgan fingerprint density at radius 3 is 2.55 bits per heavy atom. The molecule has 106 valence electrons. The SMILES string of the molecule is CCN(CCO)C(=O)c1cc(Cl)c2ccccc2c1O. The number of carbonyl (C=O) groups excluding carboxylic acids is 1. The molecule has 0 aliphatic heterocycles. The van der Waals surface area contributed by atoms with E-state index in [0.29, 0.717) is 22.3 Å². The van der Waals surface area contributed by atoms with E-state index in [1.165, 1.54) is 11.0 Å². The van der Waals surface area contributed by atoms with Gasteiger partial charge < -0.3 is 15.1 Å². The number of halogens is 1. The number of phenols is 1. The van der Waals surface area contributed by atoms with Crippen molar-refractivity contribution in [1.29, 1.82) is 0 Å². The summed E-state index contributed by atoms with van der Waals surface area (Å²) >= 11 is 6.17. The molecule has 20 heavy (non-hydrogen) atoms. The minimum atomic E-state index is -0.341. The highest BCUT2D eigenvalue weighted by Crippen LogP contribution is 2.34. The number of hydrogen-bond donors (Lipinski definition) is 2. The first kappa shape index (κ1) is 14.6. The van der Waals surface area contributed by atoms with Crippen LogP contribution in [0.15, 0.2) is 30.3 Å². The van der Waals surface area contributed by atoms with Crippen LogP contribution in [0.3, 0.4) is 0 Å². The van der Waals surface area contributed by atoms with Gasteiger partial charge in [0, 0.05) is 28.9 Å². The predicted molar refractivity (Wildman–Crippen MR) is 79.3 cm³/mol. The number of benzene rings is 2. The average Bonchev–Trinajstić information content (AvgIpc) is 2.48. The molecular formula is C15H16ClNO3. The van der Waals surface area contributed by atoms with Crippen LogP contribution in [0.5, 0.6) is 5.75 Å². The molecule has 2 rings (SSSR count). The van der Waals surface area contributed by atoms with Gasteiger partial charge in [-0.15, -0.1) is 0 Å². The zero-order valence-electron chi connectivity index (χ0n) is 11.1. The number of aromatic hydroxyl groups is 1. The van der Waals surface area contributed by atoms with E-state index in [2.05, 4.69) is 0 Å². The molecule has 1 amide bonds. The first-order valence-electron chi connectivity index (χ1n) is 6.40. The van der Waals surface area contributed by atoms with Crippen LogP contribution in [0.1, 0.15) is 17.3 Å². The molecule has 0 bridgehead atoms. The predicted octanol–water partition coefficient (Wildman–Crippen LogP) is 2.65. The van der Waals surface area contributed by atoms with Crippen molar-refractivity contribution in [2.75, 3.05) is 19.7 Å². The summed E-state index contributed by atoms with van der Waals surface area (Å²) in [4.78, 5) is 13.8. The van der Waals surface area contributed by atoms with Gasteiger partial charge in [-0.05, 0) is 13.0 Å². The van der Waals surface area contributed by atoms with E-state index in [-0.39, 0.29) is 30.4 Å². The van der Waals surface area contributed by atoms with Gasteiger partial charge in [-0.3, -0.25) is 4.79 Å². The molecule has 0 aromatic heterocycles. The first-order valence-corrected chi connectivity index (χ1v) is 6.78. The Morgan fingerprint density at radius 2 is 1.95 bits per heavy atom. The van der Waals surface area contributed by atoms with Gasteiger partial charge in [-0.2, -0.15) is 0 Å². The molecule has 0 saturated carbocycles. The molecule has 0 aliphatic carbocycles. The summed E-state index contributed by atoms with van der Waals surface area (Å²) in [7, 11) is 0. The second kappa shape index (κ2) is 6.11. The number of fused-ring (bicyclic) bond motifs is 1. The lowest BCUT2D eigenvalue weighted by Crippen LogP contribution is -2.33. The molecule has 0 fully saturated rings. The summed E-state index contributed by atoms with van der Waals surface area (Å²) < 4.78 is 0. The summed E-state index contributed by atoms with van der Waals surface area (Å²) in [6.07, 6.45) is 0. The van der Waals surface area contributed by atoms with Crippen LogP contribution in [0, 0.1) is 0 Å². The number of aliphatic hydroxyl groups excluding tert-OH is 1. The largest absolute Gasteiger partial charge is 0.506 e. The van der Waals surface area contributed by atoms with Crippen LogP contribution in [-0.4, -0.2) is 40.7 Å². The molecule has 0 heterocycles. The van der Waals surface area contributed by atoms with Gasteiger partial charge in [0.2, 0.25) is 0 Å². The van der Waals surface area contributed by atoms with Gasteiger partial charge in [-0.1, -0.05) is 35.9 Å². The van der Waals surface area contributed by atoms with E-state index in [0.717, 1.165) is 0 Å². The van der Waals surface area contributed by atoms with Crippen LogP contribution in [-0.2, 0) is 0 Å². The highest BCUT2D eigenvalue weighted by atomic mass is 35.5. The molecule has 0 spiro atoms. The Hall–Kier alpha value is -1.78. The maximum atomic E-state index is 12.4. The third-order valence-electron chi connectivity index (χ3n) is 3.23. The van der Waals surface area contributed by atoms with E-state index in [9.17, 15) is 9.90 Å². The van der Waals surface area contributed by atoms with Gasteiger partial charge in [-0.25, -0.2) is 0 Å². The van der Waals surface area contributed by atoms with Gasteiger partial charge in [0.25, 0.3) is 5.91 Å². The number of phenolic OH excluding ortho intramolecular Hbond substituents is 1. The zero-order valence-corrected chi connectivity index (χ0v) is 11.9. The van der Waals surface area contributed by atoms with Crippen LogP contribution in [0.4, 0.5) is 0 Å². The minimum Gasteiger partial charge on any atom is -0.506 e. The number of amides is 1. The fourth-order valence-corrected chi connectivity index (χ4v) is 2.45. The van der Waals surface area contributed by atoms with E-state index >= 15 is 0 Å². The van der Waals surface area contributed by atoms with E-state index in [1.807, 2.05) is 13.0 Å². The highest BCUT2D eigenvalue weighted by Gasteiger charge is 2.20. The Bertz CT molecular complexity index is 642. The van der Waals surface area contributed by atoms with Crippen LogP contribution in [0.25, 0.3) is 10.8 Å². The summed E-state index contributed by atoms with van der Waals surface area (Å²) in [6.45, 7) is 2.36. The summed E-state index contributed by atoms with van der Waals surface area (Å²) in [5.41, 5.74) is 0.156. The number of nitrogens with zero attached hydrogens (tertiary/aromatic N) is 1. The summed E-state index contributed by atoms with van der Waals surface area (Å²) in [5, 5.41) is 20.9. The molecule has 2 N–H and O–H groups in total. The third-order valence-corrected chi connectivity index (χ3v) is 3.55. The Morgan fingerprint density at radius 1 is 1.30 bits per heavy atom. The minimum absolute atomic E-state index is 0.0774. The molecule has 0 radical (unpaired) electrons. The number of carbonyl (C=O) groups is 1. The Labute approximate surface area is 122 Å². The maximum absolute atomic E-state index is 12.4. The third kappa shape index (κ3) is 2.57. The van der Waals surface area contributed by atoms with Crippen molar-refractivity contribution in [2.45, 2.75) is 6.92 Å². The zero-order chi connectivity index (χ0) is 14.7. The standard InChI is InChI=1S/C15H16ClNO3/c1-2-17(7-8-18)15(20)12-9-13(16)10-5-3-4-6-11(10)14(12)19/h3-6,9,18-19H,2,7-8H2,1H3.